The maximum Gasteiger partial charge on any atom is 0.407 e. The average molecular weight is 248 g/mol. The Labute approximate surface area is 108 Å². The second kappa shape index (κ2) is 4.88. The standard InChI is InChI=1S/C14H20N2O2/c1-14(2,3)18-13(17)15-11-9-16(10-11)12-7-5-4-6-8-12/h4-8,11H,9-10H2,1-3H3,(H,15,17). The molecule has 1 amide bonds. The Morgan fingerprint density at radius 1 is 1.28 bits per heavy atom. The van der Waals surface area contributed by atoms with Gasteiger partial charge >= 0.3 is 6.09 Å². The highest BCUT2D eigenvalue weighted by molar-refractivity contribution is 5.69. The van der Waals surface area contributed by atoms with Crippen LogP contribution in [0.2, 0.25) is 0 Å². The highest BCUT2D eigenvalue weighted by atomic mass is 16.6. The van der Waals surface area contributed by atoms with Gasteiger partial charge in [-0.05, 0) is 32.9 Å². The summed E-state index contributed by atoms with van der Waals surface area (Å²) in [6, 6.07) is 10.4. The minimum atomic E-state index is -0.438. The largest absolute Gasteiger partial charge is 0.444 e. The number of amides is 1. The van der Waals surface area contributed by atoms with Crippen molar-refractivity contribution in [2.75, 3.05) is 18.0 Å². The van der Waals surface area contributed by atoms with Gasteiger partial charge in [0.15, 0.2) is 0 Å². The maximum absolute atomic E-state index is 11.6. The number of hydrogen-bond donors (Lipinski definition) is 1. The molecule has 1 N–H and O–H groups in total. The molecule has 0 unspecified atom stereocenters. The van der Waals surface area contributed by atoms with Gasteiger partial charge in [0.25, 0.3) is 0 Å². The van der Waals surface area contributed by atoms with Crippen LogP contribution in [0.1, 0.15) is 20.8 Å². The Morgan fingerprint density at radius 3 is 2.44 bits per heavy atom. The van der Waals surface area contributed by atoms with E-state index in [2.05, 4.69) is 22.3 Å². The van der Waals surface area contributed by atoms with Crippen LogP contribution >= 0.6 is 0 Å². The van der Waals surface area contributed by atoms with E-state index in [1.165, 1.54) is 5.69 Å². The van der Waals surface area contributed by atoms with E-state index < -0.39 is 5.60 Å². The summed E-state index contributed by atoms with van der Waals surface area (Å²) in [5, 5.41) is 2.87. The Kier molecular flexibility index (Phi) is 3.45. The lowest BCUT2D eigenvalue weighted by molar-refractivity contribution is 0.0496. The molecule has 0 aliphatic carbocycles. The molecule has 0 aromatic heterocycles. The molecule has 1 aliphatic rings. The first-order chi connectivity index (χ1) is 8.44. The SMILES string of the molecule is CC(C)(C)OC(=O)NC1CN(c2ccccc2)C1. The van der Waals surface area contributed by atoms with Crippen molar-refractivity contribution >= 4 is 11.8 Å². The van der Waals surface area contributed by atoms with E-state index in [9.17, 15) is 4.79 Å². The number of benzene rings is 1. The van der Waals surface area contributed by atoms with Crippen LogP contribution in [-0.2, 0) is 4.74 Å². The number of nitrogens with zero attached hydrogens (tertiary/aromatic N) is 1. The molecule has 0 spiro atoms. The molecule has 0 radical (unpaired) electrons. The van der Waals surface area contributed by atoms with Crippen LogP contribution in [0.5, 0.6) is 0 Å². The van der Waals surface area contributed by atoms with Gasteiger partial charge in [-0.3, -0.25) is 0 Å². The molecule has 2 rings (SSSR count). The van der Waals surface area contributed by atoms with Gasteiger partial charge < -0.3 is 15.0 Å². The molecule has 98 valence electrons. The summed E-state index contributed by atoms with van der Waals surface area (Å²) in [5.74, 6) is 0. The van der Waals surface area contributed by atoms with Gasteiger partial charge in [-0.25, -0.2) is 4.79 Å². The predicted molar refractivity (Wildman–Crippen MR) is 71.8 cm³/mol. The zero-order chi connectivity index (χ0) is 13.2. The van der Waals surface area contributed by atoms with Crippen LogP contribution in [0, 0.1) is 0 Å². The zero-order valence-electron chi connectivity index (χ0n) is 11.1. The number of alkyl carbamates (subject to hydrolysis) is 1. The van der Waals surface area contributed by atoms with Crippen LogP contribution in [0.3, 0.4) is 0 Å². The molecule has 1 aliphatic heterocycles. The smallest absolute Gasteiger partial charge is 0.407 e. The summed E-state index contributed by atoms with van der Waals surface area (Å²) in [5.41, 5.74) is 0.757. The first-order valence-corrected chi connectivity index (χ1v) is 6.23. The molecular formula is C14H20N2O2. The zero-order valence-corrected chi connectivity index (χ0v) is 11.1. The Morgan fingerprint density at radius 2 is 1.89 bits per heavy atom. The number of carbonyl (C=O) groups excluding carboxylic acids is 1. The minimum Gasteiger partial charge on any atom is -0.444 e. The lowest BCUT2D eigenvalue weighted by Crippen LogP contribution is -2.60. The average Bonchev–Trinajstić information content (AvgIpc) is 2.21. The second-order valence-corrected chi connectivity index (χ2v) is 5.58. The van der Waals surface area contributed by atoms with E-state index in [1.807, 2.05) is 39.0 Å². The summed E-state index contributed by atoms with van der Waals surface area (Å²) in [4.78, 5) is 13.8. The summed E-state index contributed by atoms with van der Waals surface area (Å²) in [6.07, 6.45) is -0.333. The lowest BCUT2D eigenvalue weighted by atomic mass is 10.1. The molecule has 4 nitrogen and oxygen atoms in total. The normalized spacial score (nSPS) is 16.1. The van der Waals surface area contributed by atoms with Gasteiger partial charge in [-0.1, -0.05) is 18.2 Å². The predicted octanol–water partition coefficient (Wildman–Crippen LogP) is 2.40. The second-order valence-electron chi connectivity index (χ2n) is 5.58. The fraction of sp³-hybridized carbons (Fsp3) is 0.500. The molecule has 0 atom stereocenters. The Balaban J connectivity index is 1.75. The number of carbonyl (C=O) groups is 1. The van der Waals surface area contributed by atoms with Crippen molar-refractivity contribution in [1.29, 1.82) is 0 Å². The van der Waals surface area contributed by atoms with E-state index in [0.29, 0.717) is 0 Å². The summed E-state index contributed by atoms with van der Waals surface area (Å²) in [7, 11) is 0. The monoisotopic (exact) mass is 248 g/mol. The number of anilines is 1. The van der Waals surface area contributed by atoms with E-state index >= 15 is 0 Å². The van der Waals surface area contributed by atoms with Gasteiger partial charge in [0.05, 0.1) is 6.04 Å². The molecule has 0 bridgehead atoms. The fourth-order valence-corrected chi connectivity index (χ4v) is 1.89. The summed E-state index contributed by atoms with van der Waals surface area (Å²) < 4.78 is 5.22. The molecule has 1 heterocycles. The van der Waals surface area contributed by atoms with E-state index in [-0.39, 0.29) is 12.1 Å². The Hall–Kier alpha value is -1.71. The quantitative estimate of drug-likeness (QED) is 0.873. The van der Waals surface area contributed by atoms with E-state index in [1.54, 1.807) is 0 Å². The van der Waals surface area contributed by atoms with E-state index in [4.69, 9.17) is 4.74 Å². The van der Waals surface area contributed by atoms with Crippen LogP contribution in [0.15, 0.2) is 30.3 Å². The van der Waals surface area contributed by atoms with Gasteiger partial charge in [0.1, 0.15) is 5.60 Å². The third kappa shape index (κ3) is 3.39. The van der Waals surface area contributed by atoms with Crippen molar-refractivity contribution in [3.8, 4) is 0 Å². The van der Waals surface area contributed by atoms with Crippen LogP contribution in [0.25, 0.3) is 0 Å². The molecule has 4 heteroatoms. The summed E-state index contributed by atoms with van der Waals surface area (Å²) >= 11 is 0. The first-order valence-electron chi connectivity index (χ1n) is 6.23. The topological polar surface area (TPSA) is 41.6 Å². The molecule has 0 saturated carbocycles. The number of nitrogens with one attached hydrogen (secondary N) is 1. The van der Waals surface area contributed by atoms with Crippen molar-refractivity contribution in [2.45, 2.75) is 32.4 Å². The molecule has 1 saturated heterocycles. The van der Waals surface area contributed by atoms with Gasteiger partial charge in [0, 0.05) is 18.8 Å². The molecule has 1 fully saturated rings. The van der Waals surface area contributed by atoms with Gasteiger partial charge in [-0.15, -0.1) is 0 Å². The molecule has 1 aromatic carbocycles. The minimum absolute atomic E-state index is 0.181. The van der Waals surface area contributed by atoms with Crippen molar-refractivity contribution in [1.82, 2.24) is 5.32 Å². The number of para-hydroxylation sites is 1. The van der Waals surface area contributed by atoms with Crippen molar-refractivity contribution in [2.24, 2.45) is 0 Å². The highest BCUT2D eigenvalue weighted by Crippen LogP contribution is 2.20. The van der Waals surface area contributed by atoms with Crippen LogP contribution in [0.4, 0.5) is 10.5 Å². The summed E-state index contributed by atoms with van der Waals surface area (Å²) in [6.45, 7) is 7.27. The molecule has 18 heavy (non-hydrogen) atoms. The third-order valence-electron chi connectivity index (χ3n) is 2.72. The number of ether oxygens (including phenoxy) is 1. The van der Waals surface area contributed by atoms with Crippen LogP contribution in [-0.4, -0.2) is 30.8 Å². The van der Waals surface area contributed by atoms with Crippen molar-refractivity contribution < 1.29 is 9.53 Å². The van der Waals surface area contributed by atoms with Gasteiger partial charge in [-0.2, -0.15) is 0 Å². The van der Waals surface area contributed by atoms with E-state index in [0.717, 1.165) is 13.1 Å². The first kappa shape index (κ1) is 12.7. The highest BCUT2D eigenvalue weighted by Gasteiger charge is 2.29. The van der Waals surface area contributed by atoms with Crippen LogP contribution < -0.4 is 10.2 Å². The van der Waals surface area contributed by atoms with Crippen molar-refractivity contribution in [3.05, 3.63) is 30.3 Å². The van der Waals surface area contributed by atoms with Crippen molar-refractivity contribution in [3.63, 3.8) is 0 Å². The number of rotatable bonds is 2. The lowest BCUT2D eigenvalue weighted by Gasteiger charge is -2.41. The molecule has 1 aromatic rings. The molecular weight excluding hydrogens is 228 g/mol. The third-order valence-corrected chi connectivity index (χ3v) is 2.72. The number of hydrogen-bond acceptors (Lipinski definition) is 3. The van der Waals surface area contributed by atoms with Gasteiger partial charge in [0.2, 0.25) is 0 Å². The fourth-order valence-electron chi connectivity index (χ4n) is 1.89. The Bertz CT molecular complexity index is 406. The maximum atomic E-state index is 11.6.